The van der Waals surface area contributed by atoms with Crippen LogP contribution in [0.5, 0.6) is 0 Å². The van der Waals surface area contributed by atoms with Crippen molar-refractivity contribution in [2.75, 3.05) is 40.3 Å². The first kappa shape index (κ1) is 28.2. The highest BCUT2D eigenvalue weighted by atomic mass is 35.5. The molecule has 2 heterocycles. The Morgan fingerprint density at radius 1 is 0.921 bits per heavy atom. The normalized spacial score (nSPS) is 11.7. The number of aromatic amines is 1. The molecule has 0 aliphatic carbocycles. The molecule has 0 aliphatic heterocycles. The molecule has 0 amide bonds. The van der Waals surface area contributed by atoms with Gasteiger partial charge in [0.05, 0.1) is 34.2 Å². The summed E-state index contributed by atoms with van der Waals surface area (Å²) in [6.07, 6.45) is 3.81. The zero-order chi connectivity index (χ0) is 27.2. The van der Waals surface area contributed by atoms with Gasteiger partial charge in [-0.25, -0.2) is 4.39 Å². The molecule has 11 heteroatoms. The lowest BCUT2D eigenvalue weighted by atomic mass is 10.1. The van der Waals surface area contributed by atoms with Crippen molar-refractivity contribution in [2.45, 2.75) is 19.6 Å². The van der Waals surface area contributed by atoms with Crippen LogP contribution in [0.15, 0.2) is 48.8 Å². The number of nitrogens with two attached hydrogens (primary N) is 2. The lowest BCUT2D eigenvalue weighted by molar-refractivity contribution is 0.336. The Labute approximate surface area is 232 Å². The van der Waals surface area contributed by atoms with Crippen molar-refractivity contribution >= 4 is 23.2 Å². The molecular weight excluding hydrogens is 526 g/mol. The topological polar surface area (TPSA) is 105 Å². The lowest BCUT2D eigenvalue weighted by Crippen LogP contribution is -2.25. The van der Waals surface area contributed by atoms with Crippen LogP contribution in [0.2, 0.25) is 10.0 Å². The van der Waals surface area contributed by atoms with Gasteiger partial charge in [0.25, 0.3) is 0 Å². The van der Waals surface area contributed by atoms with Gasteiger partial charge in [0, 0.05) is 67.7 Å². The Kier molecular flexibility index (Phi) is 9.54. The molecule has 0 aliphatic rings. The summed E-state index contributed by atoms with van der Waals surface area (Å²) in [5.41, 5.74) is 17.6. The largest absolute Gasteiger partial charge is 0.329 e. The van der Waals surface area contributed by atoms with Gasteiger partial charge in [-0.05, 0) is 43.9 Å². The van der Waals surface area contributed by atoms with E-state index >= 15 is 0 Å². The minimum Gasteiger partial charge on any atom is -0.329 e. The maximum Gasteiger partial charge on any atom is 0.124 e. The third-order valence-electron chi connectivity index (χ3n) is 6.29. The summed E-state index contributed by atoms with van der Waals surface area (Å²) in [5.74, 6) is -0.388. The van der Waals surface area contributed by atoms with Gasteiger partial charge in [0.15, 0.2) is 0 Å². The molecular formula is C27H33Cl2FN8. The maximum absolute atomic E-state index is 13.7. The van der Waals surface area contributed by atoms with E-state index in [1.807, 2.05) is 49.4 Å². The average Bonchev–Trinajstić information content (AvgIpc) is 3.46. The van der Waals surface area contributed by atoms with Crippen molar-refractivity contribution < 1.29 is 4.39 Å². The highest BCUT2D eigenvalue weighted by Gasteiger charge is 2.18. The molecule has 202 valence electrons. The van der Waals surface area contributed by atoms with Crippen LogP contribution in [0, 0.1) is 5.82 Å². The maximum atomic E-state index is 13.7. The summed E-state index contributed by atoms with van der Waals surface area (Å²) >= 11 is 13.1. The van der Waals surface area contributed by atoms with Crippen LogP contribution in [0.4, 0.5) is 4.39 Å². The van der Waals surface area contributed by atoms with Crippen molar-refractivity contribution in [3.63, 3.8) is 0 Å². The summed E-state index contributed by atoms with van der Waals surface area (Å²) in [4.78, 5) is 4.25. The fourth-order valence-electron chi connectivity index (χ4n) is 4.46. The van der Waals surface area contributed by atoms with Crippen LogP contribution in [0.25, 0.3) is 22.5 Å². The second-order valence-electron chi connectivity index (χ2n) is 9.46. The molecule has 0 atom stereocenters. The van der Waals surface area contributed by atoms with E-state index in [4.69, 9.17) is 39.8 Å². The van der Waals surface area contributed by atoms with Crippen molar-refractivity contribution in [1.29, 1.82) is 0 Å². The standard InChI is InChI=1S/C27H33Cl2FN8/c1-36(9-7-31)15-19-13-33-34-26(19)22-5-3-18(11-24(22)28)14-38-17-20(16-37(2)10-8-32)27(35-38)23-6-4-21(30)12-25(23)29/h3-6,11-13,17H,7-10,14-16,31-32H2,1-2H3,(H,33,34). The number of hydrogen-bond acceptors (Lipinski definition) is 6. The van der Waals surface area contributed by atoms with Gasteiger partial charge in [0.2, 0.25) is 0 Å². The van der Waals surface area contributed by atoms with Gasteiger partial charge in [0.1, 0.15) is 5.82 Å². The number of H-pyrrole nitrogens is 1. The molecule has 8 nitrogen and oxygen atoms in total. The number of hydrogen-bond donors (Lipinski definition) is 3. The molecule has 2 aromatic heterocycles. The summed E-state index contributed by atoms with van der Waals surface area (Å²) in [6.45, 7) is 4.50. The van der Waals surface area contributed by atoms with Crippen LogP contribution in [0.3, 0.4) is 0 Å². The summed E-state index contributed by atoms with van der Waals surface area (Å²) < 4.78 is 15.6. The van der Waals surface area contributed by atoms with Crippen molar-refractivity contribution in [1.82, 2.24) is 29.8 Å². The van der Waals surface area contributed by atoms with E-state index in [2.05, 4.69) is 20.0 Å². The molecule has 4 aromatic rings. The minimum absolute atomic E-state index is 0.317. The number of rotatable bonds is 12. The Balaban J connectivity index is 1.60. The minimum atomic E-state index is -0.388. The van der Waals surface area contributed by atoms with E-state index in [1.54, 1.807) is 6.07 Å². The molecule has 0 spiro atoms. The summed E-state index contributed by atoms with van der Waals surface area (Å²) in [7, 11) is 4.02. The summed E-state index contributed by atoms with van der Waals surface area (Å²) in [5, 5.41) is 13.1. The van der Waals surface area contributed by atoms with E-state index in [1.165, 1.54) is 12.1 Å². The van der Waals surface area contributed by atoms with Gasteiger partial charge < -0.3 is 21.3 Å². The Morgan fingerprint density at radius 2 is 1.58 bits per heavy atom. The first-order chi connectivity index (χ1) is 18.3. The van der Waals surface area contributed by atoms with Crippen LogP contribution in [0.1, 0.15) is 16.7 Å². The third kappa shape index (κ3) is 6.79. The highest BCUT2D eigenvalue weighted by Crippen LogP contribution is 2.32. The number of halogens is 3. The fraction of sp³-hybridized carbons (Fsp3) is 0.333. The molecule has 0 radical (unpaired) electrons. The van der Waals surface area contributed by atoms with E-state index in [0.717, 1.165) is 41.0 Å². The average molecular weight is 560 g/mol. The van der Waals surface area contributed by atoms with Gasteiger partial charge in [-0.15, -0.1) is 0 Å². The predicted octanol–water partition coefficient (Wildman–Crippen LogP) is 4.22. The second-order valence-corrected chi connectivity index (χ2v) is 10.3. The number of benzene rings is 2. The van der Waals surface area contributed by atoms with E-state index < -0.39 is 0 Å². The molecule has 5 N–H and O–H groups in total. The van der Waals surface area contributed by atoms with E-state index in [0.29, 0.717) is 54.0 Å². The fourth-order valence-corrected chi connectivity index (χ4v) is 5.01. The highest BCUT2D eigenvalue weighted by molar-refractivity contribution is 6.33. The number of likely N-dealkylation sites (N-methyl/N-ethyl adjacent to an activating group) is 2. The van der Waals surface area contributed by atoms with Gasteiger partial charge in [-0.1, -0.05) is 35.3 Å². The van der Waals surface area contributed by atoms with Crippen molar-refractivity contribution in [2.24, 2.45) is 11.5 Å². The molecule has 0 unspecified atom stereocenters. The van der Waals surface area contributed by atoms with Crippen LogP contribution < -0.4 is 11.5 Å². The quantitative estimate of drug-likeness (QED) is 0.240. The lowest BCUT2D eigenvalue weighted by Gasteiger charge is -2.15. The van der Waals surface area contributed by atoms with Gasteiger partial charge in [-0.3, -0.25) is 9.78 Å². The molecule has 4 rings (SSSR count). The third-order valence-corrected chi connectivity index (χ3v) is 6.92. The van der Waals surface area contributed by atoms with Crippen molar-refractivity contribution in [3.8, 4) is 22.5 Å². The number of aromatic nitrogens is 4. The van der Waals surface area contributed by atoms with Crippen LogP contribution in [-0.2, 0) is 19.6 Å². The molecule has 0 bridgehead atoms. The van der Waals surface area contributed by atoms with Gasteiger partial charge >= 0.3 is 0 Å². The first-order valence-electron chi connectivity index (χ1n) is 12.4. The van der Waals surface area contributed by atoms with Crippen LogP contribution >= 0.6 is 23.2 Å². The van der Waals surface area contributed by atoms with E-state index in [9.17, 15) is 4.39 Å². The zero-order valence-electron chi connectivity index (χ0n) is 21.6. The monoisotopic (exact) mass is 558 g/mol. The van der Waals surface area contributed by atoms with E-state index in [-0.39, 0.29) is 5.82 Å². The number of nitrogens with one attached hydrogen (secondary N) is 1. The van der Waals surface area contributed by atoms with Gasteiger partial charge in [-0.2, -0.15) is 10.2 Å². The predicted molar refractivity (Wildman–Crippen MR) is 152 cm³/mol. The van der Waals surface area contributed by atoms with Crippen molar-refractivity contribution in [3.05, 3.63) is 81.3 Å². The Bertz CT molecular complexity index is 1370. The molecule has 38 heavy (non-hydrogen) atoms. The smallest absolute Gasteiger partial charge is 0.124 e. The Hall–Kier alpha value is -2.79. The summed E-state index contributed by atoms with van der Waals surface area (Å²) in [6, 6.07) is 10.3. The Morgan fingerprint density at radius 3 is 2.24 bits per heavy atom. The second kappa shape index (κ2) is 12.8. The molecule has 0 saturated carbocycles. The molecule has 0 fully saturated rings. The van der Waals surface area contributed by atoms with Crippen LogP contribution in [-0.4, -0.2) is 70.1 Å². The first-order valence-corrected chi connectivity index (χ1v) is 13.1. The zero-order valence-corrected chi connectivity index (χ0v) is 23.1. The molecule has 0 saturated heterocycles. The molecule has 2 aromatic carbocycles. The SMILES string of the molecule is CN(CCN)Cc1cn(Cc2ccc(-c3[nH]ncc3CN(C)CCN)c(Cl)c2)nc1-c1ccc(F)cc1Cl. The number of nitrogens with zero attached hydrogens (tertiary/aromatic N) is 5.